The monoisotopic (exact) mass is 434 g/mol. The van der Waals surface area contributed by atoms with E-state index in [9.17, 15) is 0 Å². The second-order valence-electron chi connectivity index (χ2n) is 12.3. The molecule has 2 nitrogen and oxygen atoms in total. The second kappa shape index (κ2) is 13.0. The highest BCUT2D eigenvalue weighted by molar-refractivity contribution is 4.86. The summed E-state index contributed by atoms with van der Waals surface area (Å²) in [6.45, 7) is 8.52. The van der Waals surface area contributed by atoms with Gasteiger partial charge in [-0.1, -0.05) is 111 Å². The minimum atomic E-state index is -0.219. The van der Waals surface area contributed by atoms with Gasteiger partial charge in [0.05, 0.1) is 13.2 Å². The van der Waals surface area contributed by atoms with E-state index in [1.54, 1.807) is 0 Å². The Hall–Kier alpha value is -0.0800. The van der Waals surface area contributed by atoms with Gasteiger partial charge in [0, 0.05) is 18.3 Å². The molecule has 0 bridgehead atoms. The van der Waals surface area contributed by atoms with E-state index in [1.807, 2.05) is 0 Å². The van der Waals surface area contributed by atoms with Gasteiger partial charge in [-0.15, -0.1) is 0 Å². The van der Waals surface area contributed by atoms with E-state index in [0.29, 0.717) is 0 Å². The normalized spacial score (nSPS) is 31.1. The van der Waals surface area contributed by atoms with Crippen molar-refractivity contribution in [1.82, 2.24) is 0 Å². The third-order valence-electron chi connectivity index (χ3n) is 8.67. The van der Waals surface area contributed by atoms with Crippen LogP contribution < -0.4 is 0 Å². The molecule has 3 aliphatic carbocycles. The topological polar surface area (TPSA) is 18.5 Å². The molecule has 0 aromatic carbocycles. The van der Waals surface area contributed by atoms with Gasteiger partial charge in [-0.05, 0) is 37.0 Å². The Bertz CT molecular complexity index is 442. The Morgan fingerprint density at radius 2 is 1.13 bits per heavy atom. The zero-order valence-corrected chi connectivity index (χ0v) is 21.4. The van der Waals surface area contributed by atoms with E-state index in [1.165, 1.54) is 109 Å². The van der Waals surface area contributed by atoms with Gasteiger partial charge in [-0.3, -0.25) is 0 Å². The maximum atomic E-state index is 6.20. The van der Waals surface area contributed by atoms with E-state index in [4.69, 9.17) is 9.47 Å². The first kappa shape index (κ1) is 25.5. The molecule has 0 aromatic heterocycles. The van der Waals surface area contributed by atoms with Crippen LogP contribution in [0.2, 0.25) is 0 Å². The molecule has 0 radical (unpaired) electrons. The molecule has 0 unspecified atom stereocenters. The van der Waals surface area contributed by atoms with Gasteiger partial charge >= 0.3 is 0 Å². The summed E-state index contributed by atoms with van der Waals surface area (Å²) in [6.07, 6.45) is 27.1. The number of rotatable bonds is 6. The van der Waals surface area contributed by atoms with E-state index >= 15 is 0 Å². The van der Waals surface area contributed by atoms with Gasteiger partial charge in [-0.25, -0.2) is 0 Å². The quantitative estimate of drug-likeness (QED) is 0.388. The average molecular weight is 435 g/mol. The third-order valence-corrected chi connectivity index (χ3v) is 8.67. The van der Waals surface area contributed by atoms with Gasteiger partial charge in [0.2, 0.25) is 0 Å². The van der Waals surface area contributed by atoms with Crippen LogP contribution in [0.5, 0.6) is 0 Å². The first-order chi connectivity index (χ1) is 15.0. The molecule has 31 heavy (non-hydrogen) atoms. The van der Waals surface area contributed by atoms with Crippen molar-refractivity contribution in [1.29, 1.82) is 0 Å². The zero-order valence-electron chi connectivity index (χ0n) is 21.4. The van der Waals surface area contributed by atoms with Crippen molar-refractivity contribution in [3.8, 4) is 0 Å². The Balaban J connectivity index is 0.000000391. The number of ether oxygens (including phenoxy) is 2. The van der Waals surface area contributed by atoms with E-state index in [-0.39, 0.29) is 11.2 Å². The molecule has 4 fully saturated rings. The van der Waals surface area contributed by atoms with Crippen LogP contribution in [-0.4, -0.2) is 19.0 Å². The highest BCUT2D eigenvalue weighted by atomic mass is 16.7. The Morgan fingerprint density at radius 1 is 0.645 bits per heavy atom. The summed E-state index contributed by atoms with van der Waals surface area (Å²) in [5.41, 5.74) is 0.192. The Labute approximate surface area is 194 Å². The highest BCUT2D eigenvalue weighted by Crippen LogP contribution is 2.44. The van der Waals surface area contributed by atoms with Crippen LogP contribution in [0.25, 0.3) is 0 Å². The molecular formula is C29H54O2. The molecule has 1 spiro atoms. The van der Waals surface area contributed by atoms with E-state index < -0.39 is 0 Å². The summed E-state index contributed by atoms with van der Waals surface area (Å²) < 4.78 is 12.4. The summed E-state index contributed by atoms with van der Waals surface area (Å²) in [5, 5.41) is 0. The molecule has 0 amide bonds. The van der Waals surface area contributed by atoms with E-state index in [2.05, 4.69) is 20.8 Å². The summed E-state index contributed by atoms with van der Waals surface area (Å²) in [6, 6.07) is 0. The average Bonchev–Trinajstić information content (AvgIpc) is 2.81. The fourth-order valence-electron chi connectivity index (χ4n) is 6.35. The molecule has 1 saturated heterocycles. The lowest BCUT2D eigenvalue weighted by Gasteiger charge is -2.47. The van der Waals surface area contributed by atoms with Gasteiger partial charge < -0.3 is 9.47 Å². The highest BCUT2D eigenvalue weighted by Gasteiger charge is 2.43. The van der Waals surface area contributed by atoms with Crippen molar-refractivity contribution in [2.45, 2.75) is 149 Å². The van der Waals surface area contributed by atoms with Crippen molar-refractivity contribution < 1.29 is 9.47 Å². The van der Waals surface area contributed by atoms with Crippen molar-refractivity contribution in [2.24, 2.45) is 23.2 Å². The van der Waals surface area contributed by atoms with Crippen LogP contribution in [0.1, 0.15) is 143 Å². The number of hydrogen-bond acceptors (Lipinski definition) is 2. The molecule has 1 heterocycles. The first-order valence-electron chi connectivity index (χ1n) is 14.3. The van der Waals surface area contributed by atoms with Crippen molar-refractivity contribution in [2.75, 3.05) is 13.2 Å². The molecule has 4 aliphatic rings. The Morgan fingerprint density at radius 3 is 1.65 bits per heavy atom. The SMILES string of the molecule is C1CCCCC1.CCCCCC1CCC(CC2CCC3(CC2)OCC(C)(C)CO3)CC1. The smallest absolute Gasteiger partial charge is 0.168 e. The Kier molecular flexibility index (Phi) is 10.7. The van der Waals surface area contributed by atoms with Gasteiger partial charge in [0.25, 0.3) is 0 Å². The fraction of sp³-hybridized carbons (Fsp3) is 1.00. The molecule has 0 atom stereocenters. The lowest BCUT2D eigenvalue weighted by Crippen LogP contribution is -2.49. The minimum Gasteiger partial charge on any atom is -0.349 e. The second-order valence-corrected chi connectivity index (χ2v) is 12.3. The number of hydrogen-bond donors (Lipinski definition) is 0. The van der Waals surface area contributed by atoms with Crippen LogP contribution in [0.15, 0.2) is 0 Å². The number of unbranched alkanes of at least 4 members (excludes halogenated alkanes) is 2. The van der Waals surface area contributed by atoms with Crippen molar-refractivity contribution >= 4 is 0 Å². The largest absolute Gasteiger partial charge is 0.349 e. The van der Waals surface area contributed by atoms with Gasteiger partial charge in [-0.2, -0.15) is 0 Å². The van der Waals surface area contributed by atoms with Crippen LogP contribution in [0, 0.1) is 23.2 Å². The van der Waals surface area contributed by atoms with Crippen LogP contribution in [0.4, 0.5) is 0 Å². The molecule has 2 heteroatoms. The maximum Gasteiger partial charge on any atom is 0.168 e. The van der Waals surface area contributed by atoms with Crippen LogP contribution in [0.3, 0.4) is 0 Å². The third kappa shape index (κ3) is 9.00. The summed E-state index contributed by atoms with van der Waals surface area (Å²) in [7, 11) is 0. The molecule has 182 valence electrons. The molecule has 0 N–H and O–H groups in total. The van der Waals surface area contributed by atoms with Crippen molar-refractivity contribution in [3.05, 3.63) is 0 Å². The summed E-state index contributed by atoms with van der Waals surface area (Å²) in [4.78, 5) is 0. The fourth-order valence-corrected chi connectivity index (χ4v) is 6.35. The predicted octanol–water partition coefficient (Wildman–Crippen LogP) is 9.06. The van der Waals surface area contributed by atoms with Gasteiger partial charge in [0.1, 0.15) is 0 Å². The first-order valence-corrected chi connectivity index (χ1v) is 14.3. The lowest BCUT2D eigenvalue weighted by molar-refractivity contribution is -0.312. The lowest BCUT2D eigenvalue weighted by atomic mass is 9.73. The molecular weight excluding hydrogens is 380 g/mol. The molecule has 0 aromatic rings. The summed E-state index contributed by atoms with van der Waals surface area (Å²) in [5.74, 6) is 2.76. The van der Waals surface area contributed by atoms with Gasteiger partial charge in [0.15, 0.2) is 5.79 Å². The van der Waals surface area contributed by atoms with Crippen molar-refractivity contribution in [3.63, 3.8) is 0 Å². The van der Waals surface area contributed by atoms with Crippen LogP contribution >= 0.6 is 0 Å². The maximum absolute atomic E-state index is 6.20. The van der Waals surface area contributed by atoms with E-state index in [0.717, 1.165) is 43.8 Å². The predicted molar refractivity (Wildman–Crippen MR) is 132 cm³/mol. The minimum absolute atomic E-state index is 0.192. The summed E-state index contributed by atoms with van der Waals surface area (Å²) >= 11 is 0. The molecule has 1 aliphatic heterocycles. The molecule has 4 rings (SSSR count). The molecule has 3 saturated carbocycles. The zero-order chi connectivity index (χ0) is 22.0. The van der Waals surface area contributed by atoms with Crippen LogP contribution in [-0.2, 0) is 9.47 Å². The standard InChI is InChI=1S/C23H42O2.C6H12/c1-4-5-6-7-19-8-10-20(11-9-19)16-21-12-14-23(15-13-21)24-17-22(2,3)18-25-23;1-2-4-6-5-3-1/h19-21H,4-18H2,1-3H3;1-6H2.